The van der Waals surface area contributed by atoms with Crippen LogP contribution in [0.3, 0.4) is 0 Å². The van der Waals surface area contributed by atoms with Crippen LogP contribution in [-0.2, 0) is 4.79 Å². The predicted molar refractivity (Wildman–Crippen MR) is 177 cm³/mol. The van der Waals surface area contributed by atoms with E-state index in [0.717, 1.165) is 44.5 Å². The maximum Gasteiger partial charge on any atom is 0.271 e. The molecule has 0 unspecified atom stereocenters. The fourth-order valence-corrected chi connectivity index (χ4v) is 5.26. The third-order valence-electron chi connectivity index (χ3n) is 6.46. The Bertz CT molecular complexity index is 1770. The van der Waals surface area contributed by atoms with Crippen molar-refractivity contribution in [1.29, 1.82) is 0 Å². The molecule has 3 N–H and O–H groups in total. The first kappa shape index (κ1) is 29.7. The van der Waals surface area contributed by atoms with Crippen LogP contribution in [0.5, 0.6) is 5.75 Å². The lowest BCUT2D eigenvalue weighted by Crippen LogP contribution is -2.20. The van der Waals surface area contributed by atoms with E-state index >= 15 is 0 Å². The number of thiazole rings is 1. The first-order valence-corrected chi connectivity index (χ1v) is 15.0. The van der Waals surface area contributed by atoms with Crippen molar-refractivity contribution in [2.45, 2.75) is 13.8 Å². The minimum absolute atomic E-state index is 0.137. The van der Waals surface area contributed by atoms with Gasteiger partial charge in [0, 0.05) is 27.9 Å². The predicted octanol–water partition coefficient (Wildman–Crippen LogP) is 7.71. The number of benzene rings is 4. The number of carbonyl (C=O) groups is 2. The smallest absolute Gasteiger partial charge is 0.271 e. The van der Waals surface area contributed by atoms with E-state index in [9.17, 15) is 9.59 Å². The van der Waals surface area contributed by atoms with Gasteiger partial charge < -0.3 is 15.4 Å². The van der Waals surface area contributed by atoms with Crippen molar-refractivity contribution < 1.29 is 14.3 Å². The first-order valence-electron chi connectivity index (χ1n) is 13.3. The van der Waals surface area contributed by atoms with Gasteiger partial charge in [-0.25, -0.2) is 10.4 Å². The Hall–Kier alpha value is -4.80. The van der Waals surface area contributed by atoms with E-state index in [4.69, 9.17) is 4.74 Å². The summed E-state index contributed by atoms with van der Waals surface area (Å²) in [7, 11) is 0. The van der Waals surface area contributed by atoms with Gasteiger partial charge in [-0.15, -0.1) is 11.3 Å². The van der Waals surface area contributed by atoms with E-state index in [1.165, 1.54) is 17.6 Å². The Morgan fingerprint density at radius 3 is 2.47 bits per heavy atom. The van der Waals surface area contributed by atoms with Gasteiger partial charge in [-0.05, 0) is 101 Å². The second-order valence-electron chi connectivity index (χ2n) is 9.63. The Morgan fingerprint density at radius 2 is 1.72 bits per heavy atom. The van der Waals surface area contributed by atoms with Crippen LogP contribution in [0.2, 0.25) is 0 Å². The van der Waals surface area contributed by atoms with Gasteiger partial charge in [-0.1, -0.05) is 36.4 Å². The average molecular weight is 655 g/mol. The molecule has 0 radical (unpaired) electrons. The number of hydrazone groups is 1. The quantitative estimate of drug-likeness (QED) is 0.106. The van der Waals surface area contributed by atoms with Crippen molar-refractivity contribution in [1.82, 2.24) is 10.4 Å². The van der Waals surface area contributed by atoms with Gasteiger partial charge in [0.05, 0.1) is 16.4 Å². The number of carbonyl (C=O) groups excluding carboxylic acids is 2. The zero-order valence-electron chi connectivity index (χ0n) is 23.4. The van der Waals surface area contributed by atoms with Crippen LogP contribution in [0.25, 0.3) is 11.3 Å². The molecular weight excluding hydrogens is 626 g/mol. The number of hydrogen-bond acceptors (Lipinski definition) is 7. The summed E-state index contributed by atoms with van der Waals surface area (Å²) < 4.78 is 6.32. The minimum atomic E-state index is -0.332. The molecule has 4 aromatic carbocycles. The van der Waals surface area contributed by atoms with Crippen LogP contribution in [0.15, 0.2) is 106 Å². The lowest BCUT2D eigenvalue weighted by Gasteiger charge is -2.10. The number of halogens is 1. The van der Waals surface area contributed by atoms with E-state index in [1.807, 2.05) is 79.9 Å². The maximum absolute atomic E-state index is 12.6. The molecule has 8 nitrogen and oxygen atoms in total. The van der Waals surface area contributed by atoms with Crippen LogP contribution < -0.4 is 20.8 Å². The number of amides is 2. The van der Waals surface area contributed by atoms with E-state index in [1.54, 1.807) is 30.3 Å². The number of para-hydroxylation sites is 1. The number of rotatable bonds is 10. The van der Waals surface area contributed by atoms with Crippen molar-refractivity contribution in [3.05, 3.63) is 123 Å². The Morgan fingerprint density at radius 1 is 0.930 bits per heavy atom. The standard InChI is InChI=1S/C33H28BrN5O3S/c1-21-8-14-27(16-22(21)2)36-31(40)19-42-30-15-9-23(17-28(30)34)18-35-39-32(41)25-12-10-24(11-13-25)29-20-43-33(38-29)37-26-6-4-3-5-7-26/h3-18,20H,19H2,1-2H3,(H,36,40)(H,37,38)(H,39,41)/b35-18+. The van der Waals surface area contributed by atoms with Crippen molar-refractivity contribution in [3.63, 3.8) is 0 Å². The molecule has 0 aliphatic rings. The highest BCUT2D eigenvalue weighted by atomic mass is 79.9. The van der Waals surface area contributed by atoms with Gasteiger partial charge in [0.1, 0.15) is 5.75 Å². The third kappa shape index (κ3) is 8.15. The molecule has 0 atom stereocenters. The van der Waals surface area contributed by atoms with Crippen LogP contribution in [0.1, 0.15) is 27.0 Å². The van der Waals surface area contributed by atoms with Crippen LogP contribution >= 0.6 is 27.3 Å². The lowest BCUT2D eigenvalue weighted by molar-refractivity contribution is -0.118. The molecule has 0 spiro atoms. The molecule has 216 valence electrons. The molecule has 0 aliphatic heterocycles. The highest BCUT2D eigenvalue weighted by Crippen LogP contribution is 2.28. The number of hydrogen-bond donors (Lipinski definition) is 3. The van der Waals surface area contributed by atoms with Gasteiger partial charge in [0.2, 0.25) is 0 Å². The summed E-state index contributed by atoms with van der Waals surface area (Å²) >= 11 is 4.98. The van der Waals surface area contributed by atoms with Gasteiger partial charge >= 0.3 is 0 Å². The van der Waals surface area contributed by atoms with Gasteiger partial charge in [0.15, 0.2) is 11.7 Å². The molecule has 43 heavy (non-hydrogen) atoms. The number of anilines is 3. The van der Waals surface area contributed by atoms with Gasteiger partial charge in [-0.3, -0.25) is 9.59 Å². The molecule has 0 fully saturated rings. The average Bonchev–Trinajstić information content (AvgIpc) is 3.47. The molecule has 5 aromatic rings. The summed E-state index contributed by atoms with van der Waals surface area (Å²) in [5, 5.41) is 13.0. The summed E-state index contributed by atoms with van der Waals surface area (Å²) in [6.07, 6.45) is 1.53. The zero-order valence-corrected chi connectivity index (χ0v) is 25.8. The molecule has 0 saturated carbocycles. The highest BCUT2D eigenvalue weighted by molar-refractivity contribution is 9.10. The van der Waals surface area contributed by atoms with Gasteiger partial charge in [0.25, 0.3) is 11.8 Å². The Balaban J connectivity index is 1.10. The highest BCUT2D eigenvalue weighted by Gasteiger charge is 2.10. The van der Waals surface area contributed by atoms with Gasteiger partial charge in [-0.2, -0.15) is 5.10 Å². The van der Waals surface area contributed by atoms with Crippen LogP contribution in [0, 0.1) is 13.8 Å². The number of nitrogens with zero attached hydrogens (tertiary/aromatic N) is 2. The maximum atomic E-state index is 12.6. The normalized spacial score (nSPS) is 10.9. The summed E-state index contributed by atoms with van der Waals surface area (Å²) in [5.41, 5.74) is 9.46. The number of aromatic nitrogens is 1. The molecule has 0 bridgehead atoms. The fraction of sp³-hybridized carbons (Fsp3) is 0.0909. The Kier molecular flexibility index (Phi) is 9.60. The number of ether oxygens (including phenoxy) is 1. The molecule has 0 aliphatic carbocycles. The van der Waals surface area contributed by atoms with E-state index in [0.29, 0.717) is 15.8 Å². The topological polar surface area (TPSA) is 105 Å². The summed E-state index contributed by atoms with van der Waals surface area (Å²) in [6.45, 7) is 3.88. The van der Waals surface area contributed by atoms with Crippen molar-refractivity contribution in [2.24, 2.45) is 5.10 Å². The summed E-state index contributed by atoms with van der Waals surface area (Å²) in [5.74, 6) is -0.0751. The van der Waals surface area contributed by atoms with E-state index in [2.05, 4.69) is 42.1 Å². The molecule has 10 heteroatoms. The molecule has 0 saturated heterocycles. The monoisotopic (exact) mass is 653 g/mol. The zero-order chi connectivity index (χ0) is 30.2. The fourth-order valence-electron chi connectivity index (χ4n) is 4.01. The molecule has 1 heterocycles. The molecule has 1 aromatic heterocycles. The molecule has 2 amide bonds. The second kappa shape index (κ2) is 13.9. The molecule has 5 rings (SSSR count). The third-order valence-corrected chi connectivity index (χ3v) is 7.83. The largest absolute Gasteiger partial charge is 0.483 e. The number of nitrogens with one attached hydrogen (secondary N) is 3. The van der Waals surface area contributed by atoms with Crippen molar-refractivity contribution >= 4 is 61.8 Å². The van der Waals surface area contributed by atoms with E-state index in [-0.39, 0.29) is 18.4 Å². The minimum Gasteiger partial charge on any atom is -0.483 e. The van der Waals surface area contributed by atoms with Crippen LogP contribution in [0.4, 0.5) is 16.5 Å². The summed E-state index contributed by atoms with van der Waals surface area (Å²) in [4.78, 5) is 29.6. The SMILES string of the molecule is Cc1ccc(NC(=O)COc2ccc(/C=N/NC(=O)c3ccc(-c4csc(Nc5ccccc5)n4)cc3)cc2Br)cc1C. The molecular formula is C33H28BrN5O3S. The first-order chi connectivity index (χ1) is 20.8. The second-order valence-corrected chi connectivity index (χ2v) is 11.3. The van der Waals surface area contributed by atoms with Crippen molar-refractivity contribution in [3.8, 4) is 17.0 Å². The van der Waals surface area contributed by atoms with Crippen molar-refractivity contribution in [2.75, 3.05) is 17.2 Å². The Labute approximate surface area is 262 Å². The number of aryl methyl sites for hydroxylation is 2. The summed E-state index contributed by atoms with van der Waals surface area (Å²) in [6, 6.07) is 28.1. The van der Waals surface area contributed by atoms with Crippen LogP contribution in [-0.4, -0.2) is 29.6 Å². The van der Waals surface area contributed by atoms with E-state index < -0.39 is 0 Å². The lowest BCUT2D eigenvalue weighted by atomic mass is 10.1.